The fourth-order valence-electron chi connectivity index (χ4n) is 8.02. The lowest BCUT2D eigenvalue weighted by atomic mass is 9.90. The van der Waals surface area contributed by atoms with Gasteiger partial charge >= 0.3 is 5.97 Å². The lowest BCUT2D eigenvalue weighted by Crippen LogP contribution is -2.39. The number of carboxylic acids is 1. The highest BCUT2D eigenvalue weighted by Crippen LogP contribution is 2.43. The average molecular weight is 731 g/mol. The number of hydrogen-bond donors (Lipinski definition) is 5. The van der Waals surface area contributed by atoms with Crippen molar-refractivity contribution in [2.75, 3.05) is 11.9 Å². The number of ketones is 1. The van der Waals surface area contributed by atoms with Gasteiger partial charge in [0.2, 0.25) is 0 Å². The van der Waals surface area contributed by atoms with Crippen molar-refractivity contribution in [1.29, 1.82) is 0 Å². The first-order valence-electron chi connectivity index (χ1n) is 19.4. The van der Waals surface area contributed by atoms with Crippen molar-refractivity contribution in [3.8, 4) is 11.1 Å². The lowest BCUT2D eigenvalue weighted by Gasteiger charge is -2.17. The van der Waals surface area contributed by atoms with E-state index in [4.69, 9.17) is 0 Å². The Hall–Kier alpha value is -4.77. The number of aryl methyl sites for hydroxylation is 1. The summed E-state index contributed by atoms with van der Waals surface area (Å²) in [6.45, 7) is 3.72. The molecule has 282 valence electrons. The number of nitrogens with zero attached hydrogens (tertiary/aromatic N) is 2. The number of nitrogens with one attached hydrogen (secondary N) is 2. The molecule has 3 aliphatic carbocycles. The summed E-state index contributed by atoms with van der Waals surface area (Å²) in [7, 11) is 0. The van der Waals surface area contributed by atoms with E-state index in [1.165, 1.54) is 11.1 Å². The molecule has 5 N–H and O–H groups in total. The van der Waals surface area contributed by atoms with Gasteiger partial charge in [-0.25, -0.2) is 0 Å². The third kappa shape index (κ3) is 8.46. The van der Waals surface area contributed by atoms with Crippen LogP contribution in [0.2, 0.25) is 0 Å². The third-order valence-electron chi connectivity index (χ3n) is 11.7. The molecular formula is C44H50N4O6. The van der Waals surface area contributed by atoms with E-state index in [0.29, 0.717) is 34.8 Å². The number of amides is 1. The quantitative estimate of drug-likeness (QED) is 0.0779. The molecule has 10 heteroatoms. The molecule has 54 heavy (non-hydrogen) atoms. The number of aliphatic carboxylic acids is 1. The number of Topliss-reactive ketones (excluding diaryl/α,β-unsaturated/α-hetero) is 1. The molecule has 3 saturated carbocycles. The molecule has 10 nitrogen and oxygen atoms in total. The Bertz CT molecular complexity index is 2050. The molecule has 3 aliphatic rings. The van der Waals surface area contributed by atoms with Crippen molar-refractivity contribution in [3.05, 3.63) is 111 Å². The zero-order chi connectivity index (χ0) is 37.9. The van der Waals surface area contributed by atoms with E-state index in [-0.39, 0.29) is 30.8 Å². The van der Waals surface area contributed by atoms with E-state index in [0.717, 1.165) is 96.7 Å². The van der Waals surface area contributed by atoms with Gasteiger partial charge in [-0.15, -0.1) is 0 Å². The number of carboxylic acid groups (broad SMARTS) is 1. The van der Waals surface area contributed by atoms with Gasteiger partial charge in [-0.3, -0.25) is 29.7 Å². The maximum absolute atomic E-state index is 13.6. The van der Waals surface area contributed by atoms with Crippen LogP contribution in [0.15, 0.2) is 60.9 Å². The second-order valence-electron chi connectivity index (χ2n) is 15.5. The highest BCUT2D eigenvalue weighted by Gasteiger charge is 2.30. The maximum Gasteiger partial charge on any atom is 0.323 e. The number of carbonyl (C=O) groups excluding carboxylic acids is 2. The molecule has 0 bridgehead atoms. The Morgan fingerprint density at radius 3 is 2.13 bits per heavy atom. The summed E-state index contributed by atoms with van der Waals surface area (Å²) in [4.78, 5) is 47.7. The number of aromatic nitrogens is 2. The molecule has 2 aromatic heterocycles. The number of hydrogen-bond acceptors (Lipinski definition) is 8. The zero-order valence-corrected chi connectivity index (χ0v) is 31.1. The van der Waals surface area contributed by atoms with Crippen LogP contribution in [0.25, 0.3) is 11.1 Å². The van der Waals surface area contributed by atoms with Crippen molar-refractivity contribution in [1.82, 2.24) is 15.3 Å². The Balaban J connectivity index is 1.05. The monoisotopic (exact) mass is 730 g/mol. The van der Waals surface area contributed by atoms with Crippen LogP contribution in [-0.2, 0) is 24.2 Å². The van der Waals surface area contributed by atoms with E-state index in [2.05, 4.69) is 20.6 Å². The third-order valence-corrected chi connectivity index (χ3v) is 11.7. The number of pyridine rings is 2. The molecule has 3 fully saturated rings. The van der Waals surface area contributed by atoms with Crippen LogP contribution in [-0.4, -0.2) is 61.7 Å². The van der Waals surface area contributed by atoms with Crippen LogP contribution < -0.4 is 10.6 Å². The number of benzene rings is 2. The van der Waals surface area contributed by atoms with Crippen LogP contribution in [0.4, 0.5) is 5.69 Å². The molecule has 2 aromatic carbocycles. The van der Waals surface area contributed by atoms with Crippen molar-refractivity contribution in [2.24, 2.45) is 5.92 Å². The van der Waals surface area contributed by atoms with Gasteiger partial charge in [0.15, 0.2) is 5.78 Å². The predicted molar refractivity (Wildman–Crippen MR) is 207 cm³/mol. The standard InChI is InChI=1S/C44H50N4O6/c1-25-30(18-42(51)38-19-36(28-14-15-28)32(22-45-38)23-47-40(24-49)44(53)54)7-3-8-33(25)34-9-5-10-37(26(34)2)48-43(52)39-20-35(27-12-13-27)31(21-46-39)17-16-29-6-4-11-41(29)50/h3,5,7-10,19-22,27-29,40-41,47,49-50H,4,6,11-18,23-24H2,1-2H3,(H,48,52)(H,53,54)/t29-,40-,41+/m1/s1. The maximum atomic E-state index is 13.6. The SMILES string of the molecule is Cc1c(CC(=O)c2cc(C3CC3)c(CN[C@H](CO)C(=O)O)cn2)cccc1-c1cccc(NC(=O)c2cc(C3CC3)c(CC[C@H]3CCC[C@@H]3O)cn2)c1C. The Kier molecular flexibility index (Phi) is 11.3. The minimum Gasteiger partial charge on any atom is -0.480 e. The van der Waals surface area contributed by atoms with E-state index in [1.807, 2.05) is 68.6 Å². The molecule has 0 radical (unpaired) electrons. The van der Waals surface area contributed by atoms with Gasteiger partial charge in [0.1, 0.15) is 17.4 Å². The van der Waals surface area contributed by atoms with Gasteiger partial charge in [0.05, 0.1) is 12.7 Å². The molecule has 0 saturated heterocycles. The Labute approximate surface area is 316 Å². The average Bonchev–Trinajstić information content (AvgIpc) is 4.11. The Morgan fingerprint density at radius 2 is 1.46 bits per heavy atom. The highest BCUT2D eigenvalue weighted by molar-refractivity contribution is 6.04. The summed E-state index contributed by atoms with van der Waals surface area (Å²) in [5, 5.41) is 35.0. The van der Waals surface area contributed by atoms with Crippen LogP contribution in [0.1, 0.15) is 123 Å². The van der Waals surface area contributed by atoms with E-state index < -0.39 is 18.6 Å². The minimum absolute atomic E-state index is 0.103. The second kappa shape index (κ2) is 16.3. The summed E-state index contributed by atoms with van der Waals surface area (Å²) in [5.41, 5.74) is 10.4. The molecule has 7 rings (SSSR count). The molecule has 0 aliphatic heterocycles. The van der Waals surface area contributed by atoms with Crippen LogP contribution in [0.3, 0.4) is 0 Å². The Morgan fingerprint density at radius 1 is 0.815 bits per heavy atom. The zero-order valence-electron chi connectivity index (χ0n) is 31.1. The van der Waals surface area contributed by atoms with E-state index >= 15 is 0 Å². The summed E-state index contributed by atoms with van der Waals surface area (Å²) in [5.74, 6) is -0.345. The van der Waals surface area contributed by atoms with Gasteiger partial charge in [0, 0.05) is 31.0 Å². The fraction of sp³-hybridized carbons (Fsp3) is 0.432. The smallest absolute Gasteiger partial charge is 0.323 e. The highest BCUT2D eigenvalue weighted by atomic mass is 16.4. The molecule has 4 aromatic rings. The minimum atomic E-state index is -1.12. The lowest BCUT2D eigenvalue weighted by molar-refractivity contribution is -0.140. The summed E-state index contributed by atoms with van der Waals surface area (Å²) in [6.07, 6.45) is 12.6. The van der Waals surface area contributed by atoms with Crippen molar-refractivity contribution in [2.45, 2.75) is 109 Å². The van der Waals surface area contributed by atoms with E-state index in [1.54, 1.807) is 6.20 Å². The van der Waals surface area contributed by atoms with Crippen LogP contribution in [0, 0.1) is 19.8 Å². The first kappa shape index (κ1) is 37.5. The largest absolute Gasteiger partial charge is 0.480 e. The summed E-state index contributed by atoms with van der Waals surface area (Å²) < 4.78 is 0. The van der Waals surface area contributed by atoms with Crippen molar-refractivity contribution >= 4 is 23.3 Å². The molecule has 3 atom stereocenters. The van der Waals surface area contributed by atoms with Crippen LogP contribution >= 0.6 is 0 Å². The molecule has 0 unspecified atom stereocenters. The van der Waals surface area contributed by atoms with Gasteiger partial charge in [-0.2, -0.15) is 0 Å². The number of anilines is 1. The number of aliphatic hydroxyl groups is 2. The number of aliphatic hydroxyl groups excluding tert-OH is 2. The normalized spacial score (nSPS) is 18.7. The van der Waals surface area contributed by atoms with Gasteiger partial charge in [-0.05, 0) is 151 Å². The van der Waals surface area contributed by atoms with Gasteiger partial charge < -0.3 is 20.6 Å². The molecular weight excluding hydrogens is 681 g/mol. The van der Waals surface area contributed by atoms with Gasteiger partial charge in [-0.1, -0.05) is 36.8 Å². The molecule has 1 amide bonds. The number of rotatable bonds is 16. The molecule has 0 spiro atoms. The number of carbonyl (C=O) groups is 3. The van der Waals surface area contributed by atoms with E-state index in [9.17, 15) is 29.7 Å². The summed E-state index contributed by atoms with van der Waals surface area (Å²) >= 11 is 0. The molecule has 2 heterocycles. The topological polar surface area (TPSA) is 162 Å². The van der Waals surface area contributed by atoms with Crippen molar-refractivity contribution < 1.29 is 29.7 Å². The predicted octanol–water partition coefficient (Wildman–Crippen LogP) is 6.82. The second-order valence-corrected chi connectivity index (χ2v) is 15.5. The first-order chi connectivity index (χ1) is 26.1. The van der Waals surface area contributed by atoms with Gasteiger partial charge in [0.25, 0.3) is 5.91 Å². The van der Waals surface area contributed by atoms with Crippen LogP contribution in [0.5, 0.6) is 0 Å². The first-order valence-corrected chi connectivity index (χ1v) is 19.4. The fourth-order valence-corrected chi connectivity index (χ4v) is 8.02. The summed E-state index contributed by atoms with van der Waals surface area (Å²) in [6, 6.07) is 14.5. The van der Waals surface area contributed by atoms with Crippen molar-refractivity contribution in [3.63, 3.8) is 0 Å².